The number of ether oxygens (including phenoxy) is 1. The Hall–Kier alpha value is -3.70. The smallest absolute Gasteiger partial charge is 0.348 e. The zero-order chi connectivity index (χ0) is 21.4. The molecule has 0 saturated heterocycles. The van der Waals surface area contributed by atoms with Gasteiger partial charge in [0.2, 0.25) is 0 Å². The lowest BCUT2D eigenvalue weighted by Crippen LogP contribution is -2.01. The van der Waals surface area contributed by atoms with Crippen LogP contribution in [-0.4, -0.2) is 17.6 Å². The predicted molar refractivity (Wildman–Crippen MR) is 128 cm³/mol. The highest BCUT2D eigenvalue weighted by Gasteiger charge is 2.18. The first-order valence-electron chi connectivity index (χ1n) is 10.1. The van der Waals surface area contributed by atoms with E-state index >= 15 is 0 Å². The van der Waals surface area contributed by atoms with Gasteiger partial charge in [0.05, 0.1) is 6.61 Å². The Morgan fingerprint density at radius 2 is 1.77 bits per heavy atom. The van der Waals surface area contributed by atoms with Gasteiger partial charge in [-0.25, -0.2) is 9.78 Å². The third-order valence-corrected chi connectivity index (χ3v) is 6.30. The number of fused-ring (bicyclic) bond motifs is 2. The molecule has 0 amide bonds. The van der Waals surface area contributed by atoms with E-state index < -0.39 is 0 Å². The van der Waals surface area contributed by atoms with E-state index in [0.717, 1.165) is 48.9 Å². The average molecular weight is 425 g/mol. The highest BCUT2D eigenvalue weighted by Crippen LogP contribution is 2.40. The van der Waals surface area contributed by atoms with Gasteiger partial charge in [-0.3, -0.25) is 0 Å². The number of carbonyl (C=O) groups excluding carboxylic acids is 1. The topological polar surface area (TPSA) is 65.2 Å². The molecule has 0 fully saturated rings. The van der Waals surface area contributed by atoms with Crippen LogP contribution >= 0.6 is 11.3 Å². The van der Waals surface area contributed by atoms with Crippen LogP contribution in [0.5, 0.6) is 0 Å². The van der Waals surface area contributed by atoms with E-state index in [1.807, 2.05) is 55.6 Å². The number of aromatic nitrogens is 1. The molecule has 0 aliphatic heterocycles. The fourth-order valence-electron chi connectivity index (χ4n) is 3.86. The van der Waals surface area contributed by atoms with Gasteiger partial charge in [-0.1, -0.05) is 48.5 Å². The first-order chi connectivity index (χ1) is 15.1. The van der Waals surface area contributed by atoms with Gasteiger partial charge < -0.3 is 10.5 Å². The van der Waals surface area contributed by atoms with Crippen molar-refractivity contribution in [2.24, 2.45) is 0 Å². The molecule has 2 heterocycles. The summed E-state index contributed by atoms with van der Waals surface area (Å²) in [6.45, 7) is 2.15. The number of nitrogen functional groups attached to an aromatic ring is 1. The second-order valence-electron chi connectivity index (χ2n) is 7.28. The Bertz CT molecular complexity index is 1420. The van der Waals surface area contributed by atoms with E-state index in [2.05, 4.69) is 30.3 Å². The van der Waals surface area contributed by atoms with E-state index in [1.165, 1.54) is 11.3 Å². The van der Waals surface area contributed by atoms with E-state index in [4.69, 9.17) is 15.5 Å². The van der Waals surface area contributed by atoms with Crippen LogP contribution in [-0.2, 0) is 4.74 Å². The lowest BCUT2D eigenvalue weighted by Gasteiger charge is -2.12. The molecule has 5 rings (SSSR count). The van der Waals surface area contributed by atoms with Crippen LogP contribution in [0.25, 0.3) is 43.2 Å². The van der Waals surface area contributed by atoms with Crippen molar-refractivity contribution in [1.29, 1.82) is 0 Å². The fraction of sp³-hybridized carbons (Fsp3) is 0.0769. The van der Waals surface area contributed by atoms with Crippen LogP contribution in [0.2, 0.25) is 0 Å². The van der Waals surface area contributed by atoms with Crippen molar-refractivity contribution in [3.8, 4) is 22.3 Å². The lowest BCUT2D eigenvalue weighted by molar-refractivity contribution is 0.0532. The lowest BCUT2D eigenvalue weighted by atomic mass is 9.93. The first kappa shape index (κ1) is 19.3. The molecule has 152 valence electrons. The number of anilines is 1. The number of hydrogen-bond donors (Lipinski definition) is 1. The van der Waals surface area contributed by atoms with Crippen LogP contribution in [0, 0.1) is 0 Å². The molecular formula is C26H20N2O2S. The Labute approximate surface area is 183 Å². The van der Waals surface area contributed by atoms with Crippen LogP contribution in [0.4, 0.5) is 5.69 Å². The summed E-state index contributed by atoms with van der Waals surface area (Å²) in [6.07, 6.45) is 1.89. The van der Waals surface area contributed by atoms with Crippen LogP contribution in [0.1, 0.15) is 16.6 Å². The number of carbonyl (C=O) groups is 1. The van der Waals surface area contributed by atoms with Gasteiger partial charge in [0.15, 0.2) is 0 Å². The molecule has 31 heavy (non-hydrogen) atoms. The van der Waals surface area contributed by atoms with Crippen molar-refractivity contribution in [2.45, 2.75) is 6.92 Å². The van der Waals surface area contributed by atoms with Gasteiger partial charge in [0, 0.05) is 28.4 Å². The number of nitrogens with two attached hydrogens (primary N) is 1. The molecule has 2 aromatic heterocycles. The highest BCUT2D eigenvalue weighted by molar-refractivity contribution is 7.20. The summed E-state index contributed by atoms with van der Waals surface area (Å²) < 4.78 is 5.21. The molecule has 0 bridgehead atoms. The maximum absolute atomic E-state index is 12.3. The second-order valence-corrected chi connectivity index (χ2v) is 8.31. The quantitative estimate of drug-likeness (QED) is 0.263. The fourth-order valence-corrected chi connectivity index (χ4v) is 4.76. The molecule has 0 atom stereocenters. The van der Waals surface area contributed by atoms with Gasteiger partial charge >= 0.3 is 5.97 Å². The minimum absolute atomic E-state index is 0.313. The molecule has 0 aliphatic rings. The van der Waals surface area contributed by atoms with E-state index in [0.29, 0.717) is 11.5 Å². The molecule has 3 aromatic carbocycles. The molecule has 0 unspecified atom stereocenters. The summed E-state index contributed by atoms with van der Waals surface area (Å²) in [4.78, 5) is 18.4. The highest BCUT2D eigenvalue weighted by atomic mass is 32.1. The molecule has 0 saturated carbocycles. The normalized spacial score (nSPS) is 11.1. The van der Waals surface area contributed by atoms with Crippen LogP contribution in [0.15, 0.2) is 79.0 Å². The van der Waals surface area contributed by atoms with Crippen molar-refractivity contribution in [1.82, 2.24) is 4.98 Å². The van der Waals surface area contributed by atoms with E-state index in [9.17, 15) is 4.79 Å². The summed E-state index contributed by atoms with van der Waals surface area (Å²) in [7, 11) is 0. The average Bonchev–Trinajstić information content (AvgIpc) is 3.23. The van der Waals surface area contributed by atoms with Gasteiger partial charge in [-0.15, -0.1) is 11.3 Å². The van der Waals surface area contributed by atoms with Gasteiger partial charge in [0.25, 0.3) is 0 Å². The van der Waals surface area contributed by atoms with Crippen molar-refractivity contribution in [3.63, 3.8) is 0 Å². The maximum atomic E-state index is 12.3. The number of hydrogen-bond acceptors (Lipinski definition) is 5. The number of pyridine rings is 1. The van der Waals surface area contributed by atoms with Crippen LogP contribution in [0.3, 0.4) is 0 Å². The number of benzene rings is 3. The zero-order valence-electron chi connectivity index (χ0n) is 17.0. The minimum Gasteiger partial charge on any atom is -0.462 e. The van der Waals surface area contributed by atoms with Crippen molar-refractivity contribution >= 4 is 44.0 Å². The standard InChI is InChI=1S/C26H20N2O2S/c1-2-30-26(29)23-14-21-24(17-6-4-3-5-7-17)22(15-28-25(21)31-23)18-9-8-16-10-11-20(27)13-19(16)12-18/h3-15H,2,27H2,1H3. The zero-order valence-corrected chi connectivity index (χ0v) is 17.8. The summed E-state index contributed by atoms with van der Waals surface area (Å²) in [5, 5.41) is 3.16. The molecule has 4 nitrogen and oxygen atoms in total. The minimum atomic E-state index is -0.313. The number of thiophene rings is 1. The molecule has 2 N–H and O–H groups in total. The molecule has 0 aliphatic carbocycles. The van der Waals surface area contributed by atoms with E-state index in [-0.39, 0.29) is 5.97 Å². The largest absolute Gasteiger partial charge is 0.462 e. The second kappa shape index (κ2) is 7.85. The van der Waals surface area contributed by atoms with Gasteiger partial charge in [0.1, 0.15) is 9.71 Å². The van der Waals surface area contributed by atoms with Crippen molar-refractivity contribution in [2.75, 3.05) is 12.3 Å². The van der Waals surface area contributed by atoms with Gasteiger partial charge in [-0.2, -0.15) is 0 Å². The molecule has 0 spiro atoms. The number of esters is 1. The predicted octanol–water partition coefficient (Wildman–Crippen LogP) is 6.54. The summed E-state index contributed by atoms with van der Waals surface area (Å²) in [5.74, 6) is -0.313. The first-order valence-corrected chi connectivity index (χ1v) is 10.9. The summed E-state index contributed by atoms with van der Waals surface area (Å²) >= 11 is 1.36. The van der Waals surface area contributed by atoms with Crippen molar-refractivity contribution < 1.29 is 9.53 Å². The molecule has 0 radical (unpaired) electrons. The Morgan fingerprint density at radius 1 is 0.968 bits per heavy atom. The Morgan fingerprint density at radius 3 is 2.58 bits per heavy atom. The third kappa shape index (κ3) is 3.53. The summed E-state index contributed by atoms with van der Waals surface area (Å²) in [6, 6.07) is 24.4. The molecule has 5 heteroatoms. The van der Waals surface area contributed by atoms with Crippen molar-refractivity contribution in [3.05, 3.63) is 83.9 Å². The van der Waals surface area contributed by atoms with Crippen LogP contribution < -0.4 is 5.73 Å². The number of rotatable bonds is 4. The van der Waals surface area contributed by atoms with E-state index in [1.54, 1.807) is 0 Å². The van der Waals surface area contributed by atoms with Gasteiger partial charge in [-0.05, 0) is 53.1 Å². The SMILES string of the molecule is CCOC(=O)c1cc2c(-c3ccccc3)c(-c3ccc4ccc(N)cc4c3)cnc2s1. The summed E-state index contributed by atoms with van der Waals surface area (Å²) in [5.41, 5.74) is 10.9. The molecule has 5 aromatic rings. The monoisotopic (exact) mass is 424 g/mol. The Balaban J connectivity index is 1.77. The Kier molecular flexibility index (Phi) is 4.88. The third-order valence-electron chi connectivity index (χ3n) is 5.28. The maximum Gasteiger partial charge on any atom is 0.348 e. The molecular weight excluding hydrogens is 404 g/mol. The number of nitrogens with zero attached hydrogens (tertiary/aromatic N) is 1.